The van der Waals surface area contributed by atoms with Crippen molar-refractivity contribution in [3.05, 3.63) is 29.6 Å². The molecule has 0 unspecified atom stereocenters. The predicted molar refractivity (Wildman–Crippen MR) is 60.8 cm³/mol. The Morgan fingerprint density at radius 3 is 2.88 bits per heavy atom. The zero-order valence-corrected chi connectivity index (χ0v) is 9.13. The zero-order valence-electron chi connectivity index (χ0n) is 9.13. The summed E-state index contributed by atoms with van der Waals surface area (Å²) in [7, 11) is 1.44. The van der Waals surface area contributed by atoms with Crippen LogP contribution in [0.3, 0.4) is 0 Å². The molecule has 3 nitrogen and oxygen atoms in total. The minimum absolute atomic E-state index is 0.219. The number of nitrogen functional groups attached to an aromatic ring is 1. The van der Waals surface area contributed by atoms with Gasteiger partial charge in [0.05, 0.1) is 20.3 Å². The largest absolute Gasteiger partial charge is 0.494 e. The Morgan fingerprint density at radius 2 is 2.25 bits per heavy atom. The summed E-state index contributed by atoms with van der Waals surface area (Å²) in [5, 5.41) is 0. The molecule has 2 rings (SSSR count). The van der Waals surface area contributed by atoms with Gasteiger partial charge in [0.15, 0.2) is 11.6 Å². The Hall–Kier alpha value is -1.55. The first-order valence-electron chi connectivity index (χ1n) is 5.12. The van der Waals surface area contributed by atoms with E-state index in [1.54, 1.807) is 6.07 Å². The highest BCUT2D eigenvalue weighted by atomic mass is 19.1. The summed E-state index contributed by atoms with van der Waals surface area (Å²) >= 11 is 0. The first-order chi connectivity index (χ1) is 7.72. The molecule has 1 aromatic carbocycles. The normalized spacial score (nSPS) is 15.8. The van der Waals surface area contributed by atoms with Crippen LogP contribution in [-0.2, 0) is 4.74 Å². The summed E-state index contributed by atoms with van der Waals surface area (Å²) in [5.41, 5.74) is 8.16. The molecule has 86 valence electrons. The van der Waals surface area contributed by atoms with Crippen LogP contribution < -0.4 is 10.5 Å². The molecule has 0 atom stereocenters. The number of anilines is 1. The van der Waals surface area contributed by atoms with Gasteiger partial charge in [-0.1, -0.05) is 6.08 Å². The lowest BCUT2D eigenvalue weighted by atomic mass is 9.99. The lowest BCUT2D eigenvalue weighted by Crippen LogP contribution is -2.06. The molecule has 0 spiro atoms. The summed E-state index contributed by atoms with van der Waals surface area (Å²) < 4.78 is 23.5. The molecule has 1 aliphatic heterocycles. The Balaban J connectivity index is 2.43. The molecule has 4 heteroatoms. The fourth-order valence-electron chi connectivity index (χ4n) is 1.77. The fourth-order valence-corrected chi connectivity index (χ4v) is 1.77. The van der Waals surface area contributed by atoms with Gasteiger partial charge >= 0.3 is 0 Å². The molecule has 0 amide bonds. The second-order valence-corrected chi connectivity index (χ2v) is 3.63. The number of halogens is 1. The van der Waals surface area contributed by atoms with Crippen molar-refractivity contribution in [2.45, 2.75) is 6.42 Å². The second kappa shape index (κ2) is 4.53. The molecule has 0 saturated carbocycles. The quantitative estimate of drug-likeness (QED) is 0.782. The maximum absolute atomic E-state index is 13.3. The maximum Gasteiger partial charge on any atom is 0.167 e. The van der Waals surface area contributed by atoms with Gasteiger partial charge in [-0.15, -0.1) is 0 Å². The van der Waals surface area contributed by atoms with E-state index in [4.69, 9.17) is 15.2 Å². The molecule has 1 aromatic rings. The van der Waals surface area contributed by atoms with E-state index in [1.807, 2.05) is 6.08 Å². The molecule has 0 aliphatic carbocycles. The highest BCUT2D eigenvalue weighted by Gasteiger charge is 2.13. The topological polar surface area (TPSA) is 44.5 Å². The van der Waals surface area contributed by atoms with E-state index >= 15 is 0 Å². The smallest absolute Gasteiger partial charge is 0.167 e. The van der Waals surface area contributed by atoms with Gasteiger partial charge in [0.2, 0.25) is 0 Å². The number of ether oxygens (including phenoxy) is 2. The van der Waals surface area contributed by atoms with Crippen LogP contribution in [-0.4, -0.2) is 20.3 Å². The van der Waals surface area contributed by atoms with E-state index in [0.29, 0.717) is 18.9 Å². The van der Waals surface area contributed by atoms with Gasteiger partial charge in [-0.2, -0.15) is 0 Å². The highest BCUT2D eigenvalue weighted by Crippen LogP contribution is 2.31. The molecule has 0 saturated heterocycles. The number of benzene rings is 1. The molecule has 16 heavy (non-hydrogen) atoms. The van der Waals surface area contributed by atoms with E-state index in [9.17, 15) is 4.39 Å². The Kier molecular flexibility index (Phi) is 3.10. The van der Waals surface area contributed by atoms with Crippen LogP contribution >= 0.6 is 0 Å². The minimum Gasteiger partial charge on any atom is -0.494 e. The molecule has 0 radical (unpaired) electrons. The fraction of sp³-hybridized carbons (Fsp3) is 0.333. The van der Waals surface area contributed by atoms with Crippen molar-refractivity contribution in [1.29, 1.82) is 0 Å². The van der Waals surface area contributed by atoms with Crippen LogP contribution in [0.25, 0.3) is 5.57 Å². The summed E-state index contributed by atoms with van der Waals surface area (Å²) in [4.78, 5) is 0. The first kappa shape index (κ1) is 11.0. The van der Waals surface area contributed by atoms with E-state index in [0.717, 1.165) is 17.6 Å². The van der Waals surface area contributed by atoms with Gasteiger partial charge < -0.3 is 15.2 Å². The number of hydrogen-bond donors (Lipinski definition) is 1. The van der Waals surface area contributed by atoms with Gasteiger partial charge in [-0.25, -0.2) is 4.39 Å². The third-order valence-electron chi connectivity index (χ3n) is 2.63. The Labute approximate surface area is 93.7 Å². The Morgan fingerprint density at radius 1 is 1.44 bits per heavy atom. The van der Waals surface area contributed by atoms with Gasteiger partial charge in [-0.3, -0.25) is 0 Å². The number of hydrogen-bond acceptors (Lipinski definition) is 3. The molecule has 1 heterocycles. The highest BCUT2D eigenvalue weighted by molar-refractivity contribution is 5.76. The van der Waals surface area contributed by atoms with Gasteiger partial charge in [0, 0.05) is 17.3 Å². The van der Waals surface area contributed by atoms with E-state index in [2.05, 4.69) is 0 Å². The summed E-state index contributed by atoms with van der Waals surface area (Å²) in [6, 6.07) is 2.94. The zero-order chi connectivity index (χ0) is 11.5. The van der Waals surface area contributed by atoms with Crippen molar-refractivity contribution < 1.29 is 13.9 Å². The monoisotopic (exact) mass is 223 g/mol. The van der Waals surface area contributed by atoms with Gasteiger partial charge in [0.25, 0.3) is 0 Å². The second-order valence-electron chi connectivity index (χ2n) is 3.63. The van der Waals surface area contributed by atoms with Crippen LogP contribution in [0.5, 0.6) is 5.75 Å². The van der Waals surface area contributed by atoms with Crippen molar-refractivity contribution in [2.24, 2.45) is 0 Å². The maximum atomic E-state index is 13.3. The SMILES string of the molecule is COc1cc(C2=CCOCC2)c(N)cc1F. The van der Waals surface area contributed by atoms with Crippen molar-refractivity contribution in [2.75, 3.05) is 26.1 Å². The van der Waals surface area contributed by atoms with Crippen LogP contribution in [0.4, 0.5) is 10.1 Å². The van der Waals surface area contributed by atoms with Gasteiger partial charge in [-0.05, 0) is 18.1 Å². The van der Waals surface area contributed by atoms with E-state index in [-0.39, 0.29) is 5.75 Å². The van der Waals surface area contributed by atoms with Crippen molar-refractivity contribution in [3.8, 4) is 5.75 Å². The third-order valence-corrected chi connectivity index (χ3v) is 2.63. The van der Waals surface area contributed by atoms with Crippen LogP contribution in [0.1, 0.15) is 12.0 Å². The Bertz CT molecular complexity index is 429. The number of rotatable bonds is 2. The summed E-state index contributed by atoms with van der Waals surface area (Å²) in [5.74, 6) is -0.215. The average Bonchev–Trinajstić information content (AvgIpc) is 2.30. The number of nitrogens with two attached hydrogens (primary N) is 1. The van der Waals surface area contributed by atoms with Crippen LogP contribution in [0.15, 0.2) is 18.2 Å². The van der Waals surface area contributed by atoms with E-state index < -0.39 is 5.82 Å². The third kappa shape index (κ3) is 2.02. The molecular weight excluding hydrogens is 209 g/mol. The van der Waals surface area contributed by atoms with Gasteiger partial charge in [0.1, 0.15) is 0 Å². The molecule has 0 bridgehead atoms. The van der Waals surface area contributed by atoms with Crippen molar-refractivity contribution in [3.63, 3.8) is 0 Å². The lowest BCUT2D eigenvalue weighted by Gasteiger charge is -2.16. The first-order valence-corrected chi connectivity index (χ1v) is 5.12. The molecular formula is C12H14FNO2. The molecule has 0 fully saturated rings. The standard InChI is InChI=1S/C12H14FNO2/c1-15-12-6-9(11(14)7-10(12)13)8-2-4-16-5-3-8/h2,6-7H,3-5,14H2,1H3. The summed E-state index contributed by atoms with van der Waals surface area (Å²) in [6.45, 7) is 1.25. The predicted octanol–water partition coefficient (Wildman–Crippen LogP) is 2.22. The average molecular weight is 223 g/mol. The van der Waals surface area contributed by atoms with E-state index in [1.165, 1.54) is 13.2 Å². The summed E-state index contributed by atoms with van der Waals surface area (Å²) in [6.07, 6.45) is 2.76. The molecule has 0 aromatic heterocycles. The molecule has 2 N–H and O–H groups in total. The molecule has 1 aliphatic rings. The number of methoxy groups -OCH3 is 1. The van der Waals surface area contributed by atoms with Crippen LogP contribution in [0, 0.1) is 5.82 Å². The van der Waals surface area contributed by atoms with Crippen LogP contribution in [0.2, 0.25) is 0 Å². The van der Waals surface area contributed by atoms with Crippen molar-refractivity contribution in [1.82, 2.24) is 0 Å². The lowest BCUT2D eigenvalue weighted by molar-refractivity contribution is 0.161. The van der Waals surface area contributed by atoms with Crippen molar-refractivity contribution >= 4 is 11.3 Å². The minimum atomic E-state index is -0.434.